The number of hydroxylamine groups is 1. The van der Waals surface area contributed by atoms with Gasteiger partial charge in [-0.05, 0) is 37.1 Å². The molecule has 2 fully saturated rings. The van der Waals surface area contributed by atoms with Crippen LogP contribution in [0, 0.1) is 5.92 Å². The minimum absolute atomic E-state index is 0.0655. The molecule has 190 valence electrons. The van der Waals surface area contributed by atoms with E-state index in [2.05, 4.69) is 0 Å². The summed E-state index contributed by atoms with van der Waals surface area (Å²) in [4.78, 5) is 25.1. The van der Waals surface area contributed by atoms with Gasteiger partial charge in [0.15, 0.2) is 5.78 Å². The second-order valence-corrected chi connectivity index (χ2v) is 12.8. The maximum atomic E-state index is 13.4. The Morgan fingerprint density at radius 2 is 1.59 bits per heavy atom. The van der Waals surface area contributed by atoms with Crippen LogP contribution >= 0.6 is 11.6 Å². The van der Waals surface area contributed by atoms with Gasteiger partial charge in [0.05, 0.1) is 0 Å². The SMILES string of the molecule is CN(C)S(=O)(=O)N1CCN(S(=O)(=O)N2CCC(C(=O)c3ccc(Cl)cc3)CC2)[C@@H](C(=O)NO)C1. The van der Waals surface area contributed by atoms with Gasteiger partial charge in [-0.25, -0.2) is 5.48 Å². The highest BCUT2D eigenvalue weighted by Crippen LogP contribution is 2.27. The van der Waals surface area contributed by atoms with Crippen molar-refractivity contribution in [2.24, 2.45) is 5.92 Å². The van der Waals surface area contributed by atoms with Crippen LogP contribution in [0.1, 0.15) is 23.2 Å². The van der Waals surface area contributed by atoms with E-state index >= 15 is 0 Å². The Morgan fingerprint density at radius 3 is 2.12 bits per heavy atom. The van der Waals surface area contributed by atoms with Crippen molar-refractivity contribution < 1.29 is 31.6 Å². The molecule has 2 N–H and O–H groups in total. The highest BCUT2D eigenvalue weighted by molar-refractivity contribution is 7.87. The van der Waals surface area contributed by atoms with Crippen LogP contribution in [0.5, 0.6) is 0 Å². The summed E-state index contributed by atoms with van der Waals surface area (Å²) in [5.41, 5.74) is 1.94. The monoisotopic (exact) mass is 537 g/mol. The Labute approximate surface area is 204 Å². The van der Waals surface area contributed by atoms with Gasteiger partial charge >= 0.3 is 0 Å². The number of piperidine rings is 1. The molecular formula is C19H28ClN5O7S2. The minimum atomic E-state index is -4.17. The second-order valence-electron chi connectivity index (χ2n) is 8.30. The van der Waals surface area contributed by atoms with Crippen molar-refractivity contribution in [3.05, 3.63) is 34.9 Å². The van der Waals surface area contributed by atoms with Crippen molar-refractivity contribution in [2.45, 2.75) is 18.9 Å². The lowest BCUT2D eigenvalue weighted by Gasteiger charge is -2.42. The summed E-state index contributed by atoms with van der Waals surface area (Å²) < 4.78 is 55.7. The minimum Gasteiger partial charge on any atom is -0.294 e. The Hall–Kier alpha value is -1.65. The third kappa shape index (κ3) is 5.44. The van der Waals surface area contributed by atoms with Crippen molar-refractivity contribution in [2.75, 3.05) is 46.8 Å². The van der Waals surface area contributed by atoms with Gasteiger partial charge in [0.25, 0.3) is 26.3 Å². The number of halogens is 1. The Kier molecular flexibility index (Phi) is 8.35. The van der Waals surface area contributed by atoms with E-state index in [4.69, 9.17) is 16.8 Å². The van der Waals surface area contributed by atoms with Crippen molar-refractivity contribution in [1.29, 1.82) is 0 Å². The number of amides is 1. The average Bonchev–Trinajstić information content (AvgIpc) is 2.83. The number of benzene rings is 1. The van der Waals surface area contributed by atoms with Crippen LogP contribution in [0.15, 0.2) is 24.3 Å². The van der Waals surface area contributed by atoms with Crippen molar-refractivity contribution in [3.63, 3.8) is 0 Å². The fourth-order valence-electron chi connectivity index (χ4n) is 4.09. The molecule has 0 unspecified atom stereocenters. The topological polar surface area (TPSA) is 148 Å². The van der Waals surface area contributed by atoms with E-state index in [-0.39, 0.29) is 37.9 Å². The van der Waals surface area contributed by atoms with E-state index in [1.54, 1.807) is 24.3 Å². The van der Waals surface area contributed by atoms with Gasteiger partial charge in [-0.2, -0.15) is 34.1 Å². The number of Topliss-reactive ketones (excluding diaryl/α,β-unsaturated/α-hetero) is 1. The van der Waals surface area contributed by atoms with E-state index in [0.717, 1.165) is 12.9 Å². The first-order valence-electron chi connectivity index (χ1n) is 10.6. The van der Waals surface area contributed by atoms with Crippen molar-refractivity contribution in [3.8, 4) is 0 Å². The van der Waals surface area contributed by atoms with Crippen LogP contribution in [0.25, 0.3) is 0 Å². The Morgan fingerprint density at radius 1 is 1.00 bits per heavy atom. The molecule has 3 rings (SSSR count). The quantitative estimate of drug-likeness (QED) is 0.277. The molecule has 1 amide bonds. The molecule has 2 aliphatic rings. The molecule has 2 heterocycles. The summed E-state index contributed by atoms with van der Waals surface area (Å²) in [6.07, 6.45) is 0.596. The zero-order valence-corrected chi connectivity index (χ0v) is 21.2. The van der Waals surface area contributed by atoms with Crippen LogP contribution in [-0.2, 0) is 25.2 Å². The van der Waals surface area contributed by atoms with Crippen LogP contribution in [0.2, 0.25) is 5.02 Å². The number of rotatable bonds is 7. The number of hydrogen-bond donors (Lipinski definition) is 2. The molecule has 0 bridgehead atoms. The standard InChI is InChI=1S/C19H28ClN5O7S2/c1-22(2)33(29,30)24-11-12-25(17(13-24)19(27)21-28)34(31,32)23-9-7-15(8-10-23)18(26)14-3-5-16(20)6-4-14/h3-6,15,17,28H,7-13H2,1-2H3,(H,21,27)/t17-/m1/s1. The summed E-state index contributed by atoms with van der Waals surface area (Å²) in [5, 5.41) is 9.65. The van der Waals surface area contributed by atoms with Crippen molar-refractivity contribution in [1.82, 2.24) is 22.7 Å². The number of piperazine rings is 1. The molecule has 12 nitrogen and oxygen atoms in total. The summed E-state index contributed by atoms with van der Waals surface area (Å²) in [5.74, 6) is -1.48. The molecule has 2 aliphatic heterocycles. The Balaban J connectivity index is 1.73. The predicted molar refractivity (Wildman–Crippen MR) is 124 cm³/mol. The number of nitrogens with one attached hydrogen (secondary N) is 1. The predicted octanol–water partition coefficient (Wildman–Crippen LogP) is -0.222. The van der Waals surface area contributed by atoms with E-state index in [1.165, 1.54) is 23.9 Å². The molecule has 34 heavy (non-hydrogen) atoms. The van der Waals surface area contributed by atoms with Crippen LogP contribution in [0.4, 0.5) is 0 Å². The number of ketones is 1. The molecule has 0 radical (unpaired) electrons. The van der Waals surface area contributed by atoms with E-state index in [9.17, 15) is 26.4 Å². The van der Waals surface area contributed by atoms with Gasteiger partial charge in [0.2, 0.25) is 0 Å². The zero-order valence-electron chi connectivity index (χ0n) is 18.8. The normalized spacial score (nSPS) is 22.1. The van der Waals surface area contributed by atoms with Crippen molar-refractivity contribution >= 4 is 43.7 Å². The number of nitrogens with zero attached hydrogens (tertiary/aromatic N) is 4. The molecular weight excluding hydrogens is 510 g/mol. The number of carbonyl (C=O) groups excluding carboxylic acids is 2. The highest BCUT2D eigenvalue weighted by atomic mass is 35.5. The molecule has 15 heteroatoms. The van der Waals surface area contributed by atoms with Crippen LogP contribution in [-0.4, -0.2) is 104 Å². The molecule has 1 aromatic rings. The molecule has 1 aromatic carbocycles. The first kappa shape index (κ1) is 26.9. The molecule has 0 aliphatic carbocycles. The van der Waals surface area contributed by atoms with Crippen LogP contribution < -0.4 is 5.48 Å². The molecule has 1 atom stereocenters. The molecule has 0 spiro atoms. The fraction of sp³-hybridized carbons (Fsp3) is 0.579. The summed E-state index contributed by atoms with van der Waals surface area (Å²) in [6, 6.07) is 5.06. The zero-order chi connectivity index (χ0) is 25.3. The maximum Gasteiger partial charge on any atom is 0.282 e. The number of carbonyl (C=O) groups is 2. The van der Waals surface area contributed by atoms with Gasteiger partial charge in [0, 0.05) is 63.3 Å². The second kappa shape index (κ2) is 10.5. The summed E-state index contributed by atoms with van der Waals surface area (Å²) in [6.45, 7) is -0.735. The van der Waals surface area contributed by atoms with E-state index in [1.807, 2.05) is 0 Å². The number of hydrogen-bond acceptors (Lipinski definition) is 7. The lowest BCUT2D eigenvalue weighted by molar-refractivity contribution is -0.134. The molecule has 0 aromatic heterocycles. The van der Waals surface area contributed by atoms with Crippen LogP contribution in [0.3, 0.4) is 0 Å². The molecule has 2 saturated heterocycles. The van der Waals surface area contributed by atoms with E-state index < -0.39 is 38.9 Å². The maximum absolute atomic E-state index is 13.4. The third-order valence-corrected chi connectivity index (χ3v) is 10.3. The summed E-state index contributed by atoms with van der Waals surface area (Å²) in [7, 11) is -5.40. The lowest BCUT2D eigenvalue weighted by Crippen LogP contribution is -2.64. The first-order valence-corrected chi connectivity index (χ1v) is 13.7. The average molecular weight is 538 g/mol. The third-order valence-electron chi connectivity index (χ3n) is 6.07. The van der Waals surface area contributed by atoms with E-state index in [0.29, 0.717) is 23.4 Å². The fourth-order valence-corrected chi connectivity index (χ4v) is 7.09. The Bertz CT molecular complexity index is 1120. The largest absolute Gasteiger partial charge is 0.294 e. The van der Waals surface area contributed by atoms with Gasteiger partial charge < -0.3 is 0 Å². The van der Waals surface area contributed by atoms with Gasteiger partial charge in [-0.1, -0.05) is 11.6 Å². The summed E-state index contributed by atoms with van der Waals surface area (Å²) >= 11 is 5.87. The highest BCUT2D eigenvalue weighted by Gasteiger charge is 2.45. The smallest absolute Gasteiger partial charge is 0.282 e. The van der Waals surface area contributed by atoms with Gasteiger partial charge in [-0.15, -0.1) is 0 Å². The van der Waals surface area contributed by atoms with Gasteiger partial charge in [0.1, 0.15) is 6.04 Å². The first-order chi connectivity index (χ1) is 15.9. The van der Waals surface area contributed by atoms with Gasteiger partial charge in [-0.3, -0.25) is 14.8 Å². The molecule has 0 saturated carbocycles. The lowest BCUT2D eigenvalue weighted by atomic mass is 9.90.